The van der Waals surface area contributed by atoms with E-state index >= 15 is 0 Å². The van der Waals surface area contributed by atoms with Crippen LogP contribution in [0.5, 0.6) is 0 Å². The first-order valence-electron chi connectivity index (χ1n) is 3.50. The lowest BCUT2D eigenvalue weighted by Crippen LogP contribution is -2.32. The number of carbonyl (C=O) groups excluding carboxylic acids is 1. The molecular weight excluding hydrogens is 160 g/mol. The van der Waals surface area contributed by atoms with Gasteiger partial charge in [-0.05, 0) is 6.92 Å². The predicted octanol–water partition coefficient (Wildman–Crippen LogP) is -1.20. The first kappa shape index (κ1) is 8.66. The molecule has 0 bridgehead atoms. The molecule has 0 aromatic carbocycles. The molecule has 0 aliphatic heterocycles. The third-order valence-electron chi connectivity index (χ3n) is 1.27. The summed E-state index contributed by atoms with van der Waals surface area (Å²) in [6.07, 6.45) is 0.358. The lowest BCUT2D eigenvalue weighted by molar-refractivity contribution is -0.128. The molecule has 0 saturated heterocycles. The maximum Gasteiger partial charge on any atom is 0.248 e. The fourth-order valence-electron chi connectivity index (χ4n) is 0.635. The van der Waals surface area contributed by atoms with E-state index in [4.69, 9.17) is 5.11 Å². The Labute approximate surface area is 69.0 Å². The van der Waals surface area contributed by atoms with Crippen LogP contribution in [0.3, 0.4) is 0 Å². The highest BCUT2D eigenvalue weighted by molar-refractivity contribution is 5.79. The number of aliphatic hydroxyl groups excluding tert-OH is 1. The topological polar surface area (TPSA) is 90.9 Å². The fourth-order valence-corrected chi connectivity index (χ4v) is 0.635. The van der Waals surface area contributed by atoms with E-state index in [2.05, 4.69) is 20.5 Å². The first-order valence-corrected chi connectivity index (χ1v) is 3.50. The van der Waals surface area contributed by atoms with E-state index in [0.29, 0.717) is 5.82 Å². The molecule has 0 fully saturated rings. The van der Waals surface area contributed by atoms with Crippen molar-refractivity contribution in [2.75, 3.05) is 0 Å². The summed E-state index contributed by atoms with van der Waals surface area (Å²) < 4.78 is 0. The highest BCUT2D eigenvalue weighted by Gasteiger charge is 2.07. The van der Waals surface area contributed by atoms with Crippen LogP contribution < -0.4 is 5.32 Å². The third kappa shape index (κ3) is 2.31. The predicted molar refractivity (Wildman–Crippen MR) is 39.9 cm³/mol. The number of hydrogen-bond acceptors (Lipinski definition) is 4. The molecule has 0 aliphatic carbocycles. The summed E-state index contributed by atoms with van der Waals surface area (Å²) in [6.45, 7) is 1.65. The molecule has 6 nitrogen and oxygen atoms in total. The molecule has 0 spiro atoms. The van der Waals surface area contributed by atoms with Gasteiger partial charge in [0, 0.05) is 0 Å². The number of nitrogens with one attached hydrogen (secondary N) is 2. The molecule has 0 saturated carbocycles. The Hall–Kier alpha value is -1.43. The molecule has 1 aromatic rings. The van der Waals surface area contributed by atoms with Crippen LogP contribution in [0.1, 0.15) is 12.7 Å². The molecule has 66 valence electrons. The number of H-pyrrole nitrogens is 1. The van der Waals surface area contributed by atoms with Crippen molar-refractivity contribution in [1.29, 1.82) is 0 Å². The summed E-state index contributed by atoms with van der Waals surface area (Å²) >= 11 is 0. The van der Waals surface area contributed by atoms with Crippen molar-refractivity contribution >= 4 is 5.91 Å². The summed E-state index contributed by atoms with van der Waals surface area (Å²) in [7, 11) is 0. The molecule has 0 unspecified atom stereocenters. The van der Waals surface area contributed by atoms with Gasteiger partial charge >= 0.3 is 0 Å². The Morgan fingerprint density at radius 1 is 1.92 bits per heavy atom. The molecule has 3 N–H and O–H groups in total. The summed E-state index contributed by atoms with van der Waals surface area (Å²) in [5.41, 5.74) is 0. The molecule has 0 radical (unpaired) electrons. The van der Waals surface area contributed by atoms with Gasteiger partial charge in [-0.3, -0.25) is 9.89 Å². The Morgan fingerprint density at radius 3 is 3.17 bits per heavy atom. The average Bonchev–Trinajstić information content (AvgIpc) is 2.51. The van der Waals surface area contributed by atoms with Crippen molar-refractivity contribution in [3.63, 3.8) is 0 Å². The van der Waals surface area contributed by atoms with Crippen LogP contribution in [-0.2, 0) is 11.3 Å². The maximum atomic E-state index is 10.8. The fraction of sp³-hybridized carbons (Fsp3) is 0.500. The molecule has 6 heteroatoms. The number of aromatic nitrogens is 3. The Kier molecular flexibility index (Phi) is 2.76. The standard InChI is InChI=1S/C6H10N4O2/c1-4(11)6(12)7-2-5-8-3-9-10-5/h3-4,11H,2H2,1H3,(H,7,12)(H,8,9,10)/t4-/m1/s1. The largest absolute Gasteiger partial charge is 0.384 e. The minimum atomic E-state index is -0.993. The van der Waals surface area contributed by atoms with Gasteiger partial charge < -0.3 is 10.4 Å². The molecule has 1 aromatic heterocycles. The minimum absolute atomic E-state index is 0.254. The quantitative estimate of drug-likeness (QED) is 0.531. The van der Waals surface area contributed by atoms with Crippen molar-refractivity contribution in [3.05, 3.63) is 12.2 Å². The van der Waals surface area contributed by atoms with Crippen LogP contribution >= 0.6 is 0 Å². The molecule has 1 rings (SSSR count). The highest BCUT2D eigenvalue weighted by Crippen LogP contribution is 1.85. The number of carbonyl (C=O) groups is 1. The Bertz CT molecular complexity index is 244. The number of rotatable bonds is 3. The molecular formula is C6H10N4O2. The first-order chi connectivity index (χ1) is 5.70. The van der Waals surface area contributed by atoms with Gasteiger partial charge in [0.15, 0.2) is 0 Å². The number of aliphatic hydroxyl groups is 1. The van der Waals surface area contributed by atoms with Crippen LogP contribution in [0.4, 0.5) is 0 Å². The van der Waals surface area contributed by atoms with E-state index in [1.807, 2.05) is 0 Å². The Balaban J connectivity index is 2.32. The van der Waals surface area contributed by atoms with Crippen molar-refractivity contribution in [2.24, 2.45) is 0 Å². The minimum Gasteiger partial charge on any atom is -0.384 e. The van der Waals surface area contributed by atoms with Crippen LogP contribution in [0.2, 0.25) is 0 Å². The van der Waals surface area contributed by atoms with Gasteiger partial charge in [0.1, 0.15) is 18.3 Å². The smallest absolute Gasteiger partial charge is 0.248 e. The van der Waals surface area contributed by atoms with Crippen molar-refractivity contribution in [2.45, 2.75) is 19.6 Å². The van der Waals surface area contributed by atoms with Gasteiger partial charge in [-0.15, -0.1) is 0 Å². The Morgan fingerprint density at radius 2 is 2.67 bits per heavy atom. The SMILES string of the molecule is C[C@@H](O)C(=O)NCc1ncn[nH]1. The number of hydrogen-bond donors (Lipinski definition) is 3. The zero-order chi connectivity index (χ0) is 8.97. The number of amides is 1. The van der Waals surface area contributed by atoms with Crippen LogP contribution in [0.15, 0.2) is 6.33 Å². The van der Waals surface area contributed by atoms with E-state index in [1.54, 1.807) is 0 Å². The van der Waals surface area contributed by atoms with E-state index in [-0.39, 0.29) is 6.54 Å². The van der Waals surface area contributed by atoms with E-state index in [1.165, 1.54) is 13.3 Å². The van der Waals surface area contributed by atoms with Gasteiger partial charge in [0.2, 0.25) is 5.91 Å². The van der Waals surface area contributed by atoms with Crippen LogP contribution in [0, 0.1) is 0 Å². The van der Waals surface area contributed by atoms with Crippen LogP contribution in [-0.4, -0.2) is 32.3 Å². The highest BCUT2D eigenvalue weighted by atomic mass is 16.3. The lowest BCUT2D eigenvalue weighted by Gasteiger charge is -2.03. The van der Waals surface area contributed by atoms with Gasteiger partial charge in [0.05, 0.1) is 6.54 Å². The second-order valence-electron chi connectivity index (χ2n) is 2.33. The molecule has 1 heterocycles. The summed E-state index contributed by atoms with van der Waals surface area (Å²) in [5, 5.41) is 17.4. The monoisotopic (exact) mass is 170 g/mol. The normalized spacial score (nSPS) is 12.5. The second-order valence-corrected chi connectivity index (χ2v) is 2.33. The molecule has 12 heavy (non-hydrogen) atoms. The van der Waals surface area contributed by atoms with Crippen LogP contribution in [0.25, 0.3) is 0 Å². The van der Waals surface area contributed by atoms with Crippen molar-refractivity contribution in [1.82, 2.24) is 20.5 Å². The van der Waals surface area contributed by atoms with E-state index in [9.17, 15) is 4.79 Å². The third-order valence-corrected chi connectivity index (χ3v) is 1.27. The molecule has 0 aliphatic rings. The number of aromatic amines is 1. The summed E-state index contributed by atoms with van der Waals surface area (Å²) in [6, 6.07) is 0. The van der Waals surface area contributed by atoms with Gasteiger partial charge in [-0.25, -0.2) is 4.98 Å². The van der Waals surface area contributed by atoms with Gasteiger partial charge in [-0.1, -0.05) is 0 Å². The zero-order valence-corrected chi connectivity index (χ0v) is 6.61. The van der Waals surface area contributed by atoms with E-state index < -0.39 is 12.0 Å². The zero-order valence-electron chi connectivity index (χ0n) is 6.61. The number of nitrogens with zero attached hydrogens (tertiary/aromatic N) is 2. The molecule has 1 amide bonds. The maximum absolute atomic E-state index is 10.8. The summed E-state index contributed by atoms with van der Waals surface area (Å²) in [4.78, 5) is 14.6. The van der Waals surface area contributed by atoms with Crippen molar-refractivity contribution < 1.29 is 9.90 Å². The summed E-state index contributed by atoms with van der Waals surface area (Å²) in [5.74, 6) is 0.135. The average molecular weight is 170 g/mol. The van der Waals surface area contributed by atoms with Gasteiger partial charge in [-0.2, -0.15) is 5.10 Å². The van der Waals surface area contributed by atoms with Crippen molar-refractivity contribution in [3.8, 4) is 0 Å². The second kappa shape index (κ2) is 3.82. The van der Waals surface area contributed by atoms with Gasteiger partial charge in [0.25, 0.3) is 0 Å². The van der Waals surface area contributed by atoms with E-state index in [0.717, 1.165) is 0 Å². The lowest BCUT2D eigenvalue weighted by atomic mass is 10.4. The molecule has 1 atom stereocenters.